The van der Waals surface area contributed by atoms with Gasteiger partial charge >= 0.3 is 6.68 Å². The summed E-state index contributed by atoms with van der Waals surface area (Å²) in [5.74, 6) is -1.92. The molecule has 0 radical (unpaired) electrons. The molecule has 1 aliphatic carbocycles. The summed E-state index contributed by atoms with van der Waals surface area (Å²) in [6, 6.07) is 5.60. The molecule has 6 nitrogen and oxygen atoms in total. The third kappa shape index (κ3) is 4.11. The van der Waals surface area contributed by atoms with Gasteiger partial charge in [0.25, 0.3) is 5.92 Å². The smallest absolute Gasteiger partial charge is 0.379 e. The fourth-order valence-corrected chi connectivity index (χ4v) is 4.04. The molecular formula is C21H23F5N4O2. The van der Waals surface area contributed by atoms with Gasteiger partial charge in [0, 0.05) is 36.2 Å². The molecule has 2 N–H and O–H groups in total. The van der Waals surface area contributed by atoms with Gasteiger partial charge in [0.2, 0.25) is 5.95 Å². The van der Waals surface area contributed by atoms with Crippen LogP contribution in [-0.2, 0) is 22.6 Å². The van der Waals surface area contributed by atoms with Crippen LogP contribution in [0.25, 0.3) is 11.3 Å². The van der Waals surface area contributed by atoms with Gasteiger partial charge in [0.15, 0.2) is 0 Å². The van der Waals surface area contributed by atoms with Crippen molar-refractivity contribution in [2.75, 3.05) is 38.3 Å². The number of aromatic nitrogens is 2. The molecule has 2 saturated heterocycles. The van der Waals surface area contributed by atoms with E-state index >= 15 is 0 Å². The minimum atomic E-state index is -3.67. The highest BCUT2D eigenvalue weighted by Gasteiger charge is 2.44. The molecule has 0 bridgehead atoms. The van der Waals surface area contributed by atoms with Crippen molar-refractivity contribution in [2.24, 2.45) is 5.73 Å². The number of benzene rings is 1. The van der Waals surface area contributed by atoms with Crippen molar-refractivity contribution in [3.05, 3.63) is 35.0 Å². The topological polar surface area (TPSA) is 73.5 Å². The van der Waals surface area contributed by atoms with Gasteiger partial charge in [-0.25, -0.2) is 9.97 Å². The van der Waals surface area contributed by atoms with Gasteiger partial charge in [-0.05, 0) is 18.9 Å². The first-order valence-electron chi connectivity index (χ1n) is 10.2. The summed E-state index contributed by atoms with van der Waals surface area (Å²) in [5, 5.41) is 0. The molecule has 0 amide bonds. The molecule has 11 heteroatoms. The lowest BCUT2D eigenvalue weighted by Crippen LogP contribution is -2.54. The summed E-state index contributed by atoms with van der Waals surface area (Å²) in [4.78, 5) is 10.8. The maximum Gasteiger partial charge on any atom is 0.379 e. The number of nitrogens with two attached hydrogens (primary N) is 1. The Kier molecular flexibility index (Phi) is 5.97. The molecule has 1 aromatic heterocycles. The Balaban J connectivity index is 0.000000567. The van der Waals surface area contributed by atoms with Gasteiger partial charge in [-0.3, -0.25) is 0 Å². The number of rotatable bonds is 4. The second-order valence-corrected chi connectivity index (χ2v) is 8.06. The summed E-state index contributed by atoms with van der Waals surface area (Å²) in [6.07, 6.45) is 1.05. The molecule has 0 saturated carbocycles. The molecule has 3 heterocycles. The molecule has 3 aliphatic rings. The van der Waals surface area contributed by atoms with E-state index in [0.29, 0.717) is 36.2 Å². The fourth-order valence-electron chi connectivity index (χ4n) is 4.04. The van der Waals surface area contributed by atoms with Crippen LogP contribution in [0.15, 0.2) is 18.2 Å². The monoisotopic (exact) mass is 458 g/mol. The quantitative estimate of drug-likeness (QED) is 0.704. The Morgan fingerprint density at radius 3 is 2.38 bits per heavy atom. The number of halogens is 5. The van der Waals surface area contributed by atoms with E-state index in [1.807, 2.05) is 23.1 Å². The summed E-state index contributed by atoms with van der Waals surface area (Å²) < 4.78 is 68.7. The highest BCUT2D eigenvalue weighted by molar-refractivity contribution is 5.69. The number of anilines is 1. The third-order valence-corrected chi connectivity index (χ3v) is 5.90. The second kappa shape index (κ2) is 8.43. The van der Waals surface area contributed by atoms with Crippen LogP contribution in [0.1, 0.15) is 29.7 Å². The molecule has 2 fully saturated rings. The molecule has 5 rings (SSSR count). The van der Waals surface area contributed by atoms with Gasteiger partial charge in [-0.2, -0.15) is 22.0 Å². The predicted octanol–water partition coefficient (Wildman–Crippen LogP) is 3.76. The number of fused-ring (bicyclic) bond motifs is 1. The predicted molar refractivity (Wildman–Crippen MR) is 107 cm³/mol. The zero-order chi connectivity index (χ0) is 23.1. The van der Waals surface area contributed by atoms with Crippen LogP contribution < -0.4 is 15.4 Å². The van der Waals surface area contributed by atoms with Crippen molar-refractivity contribution in [1.29, 1.82) is 0 Å². The minimum absolute atomic E-state index is 0.134. The van der Waals surface area contributed by atoms with Gasteiger partial charge in [0.1, 0.15) is 11.4 Å². The van der Waals surface area contributed by atoms with E-state index < -0.39 is 18.1 Å². The van der Waals surface area contributed by atoms with Crippen LogP contribution in [0.5, 0.6) is 5.75 Å². The lowest BCUT2D eigenvalue weighted by Gasteiger charge is -2.39. The standard InChI is InChI=1S/C20H22F2N4O2.CHF3/c1-27-15-9-12(3-4-14(15)19(23)10-28-11-19)16-13-5-6-20(21,22)17(13)25-18(24-16)26-7-2-8-26;2-1(3)4/h3-4,9H,2,5-8,10-11,23H2,1H3;1H. The molecule has 174 valence electrons. The van der Waals surface area contributed by atoms with Crippen molar-refractivity contribution in [3.8, 4) is 17.0 Å². The number of methoxy groups -OCH3 is 1. The highest BCUT2D eigenvalue weighted by Crippen LogP contribution is 2.45. The first-order chi connectivity index (χ1) is 15.1. The number of hydrogen-bond acceptors (Lipinski definition) is 6. The molecular weight excluding hydrogens is 435 g/mol. The maximum atomic E-state index is 14.5. The third-order valence-electron chi connectivity index (χ3n) is 5.90. The maximum absolute atomic E-state index is 14.5. The number of nitrogens with zero attached hydrogens (tertiary/aromatic N) is 3. The Morgan fingerprint density at radius 1 is 1.16 bits per heavy atom. The molecule has 0 spiro atoms. The van der Waals surface area contributed by atoms with Crippen molar-refractivity contribution < 1.29 is 31.4 Å². The molecule has 0 atom stereocenters. The van der Waals surface area contributed by atoms with Gasteiger partial charge in [-0.1, -0.05) is 12.1 Å². The minimum Gasteiger partial charge on any atom is -0.496 e. The van der Waals surface area contributed by atoms with Gasteiger partial charge < -0.3 is 20.1 Å². The van der Waals surface area contributed by atoms with E-state index in [-0.39, 0.29) is 18.5 Å². The van der Waals surface area contributed by atoms with Crippen molar-refractivity contribution >= 4 is 5.95 Å². The molecule has 32 heavy (non-hydrogen) atoms. The first-order valence-corrected chi connectivity index (χ1v) is 10.2. The van der Waals surface area contributed by atoms with Crippen molar-refractivity contribution in [2.45, 2.75) is 37.4 Å². The zero-order valence-electron chi connectivity index (χ0n) is 17.4. The number of hydrogen-bond donors (Lipinski definition) is 1. The SMILES string of the molecule is COc1cc(-c2nc(N3CCC3)nc3c2CCC3(F)F)ccc1C1(N)COC1.FC(F)F. The summed E-state index contributed by atoms with van der Waals surface area (Å²) in [6.45, 7) is -1.22. The normalized spacial score (nSPS) is 20.1. The average Bonchev–Trinajstić information content (AvgIpc) is 2.98. The van der Waals surface area contributed by atoms with Crippen LogP contribution in [0, 0.1) is 0 Å². The van der Waals surface area contributed by atoms with Crippen LogP contribution in [-0.4, -0.2) is 50.1 Å². The van der Waals surface area contributed by atoms with E-state index in [0.717, 1.165) is 30.6 Å². The van der Waals surface area contributed by atoms with Crippen LogP contribution in [0.3, 0.4) is 0 Å². The van der Waals surface area contributed by atoms with E-state index in [4.69, 9.17) is 15.2 Å². The molecule has 0 unspecified atom stereocenters. The Labute approximate surface area is 181 Å². The summed E-state index contributed by atoms with van der Waals surface area (Å²) in [5.41, 5.74) is 8.33. The van der Waals surface area contributed by atoms with Crippen molar-refractivity contribution in [3.63, 3.8) is 0 Å². The lowest BCUT2D eigenvalue weighted by molar-refractivity contribution is -0.0578. The Morgan fingerprint density at radius 2 is 1.84 bits per heavy atom. The van der Waals surface area contributed by atoms with Crippen LogP contribution in [0.4, 0.5) is 27.9 Å². The summed E-state index contributed by atoms with van der Waals surface area (Å²) in [7, 11) is 1.58. The molecule has 1 aromatic carbocycles. The average molecular weight is 458 g/mol. The lowest BCUT2D eigenvalue weighted by atomic mass is 9.87. The largest absolute Gasteiger partial charge is 0.496 e. The second-order valence-electron chi connectivity index (χ2n) is 8.06. The van der Waals surface area contributed by atoms with E-state index in [9.17, 15) is 22.0 Å². The van der Waals surface area contributed by atoms with Crippen LogP contribution in [0.2, 0.25) is 0 Å². The summed E-state index contributed by atoms with van der Waals surface area (Å²) >= 11 is 0. The fraction of sp³-hybridized carbons (Fsp3) is 0.524. The number of ether oxygens (including phenoxy) is 2. The Hall–Kier alpha value is -2.53. The van der Waals surface area contributed by atoms with E-state index in [1.165, 1.54) is 0 Å². The van der Waals surface area contributed by atoms with Gasteiger partial charge in [-0.15, -0.1) is 0 Å². The molecule has 2 aromatic rings. The van der Waals surface area contributed by atoms with Crippen molar-refractivity contribution in [1.82, 2.24) is 9.97 Å². The van der Waals surface area contributed by atoms with E-state index in [2.05, 4.69) is 9.97 Å². The molecule has 2 aliphatic heterocycles. The van der Waals surface area contributed by atoms with Gasteiger partial charge in [0.05, 0.1) is 31.6 Å². The zero-order valence-corrected chi connectivity index (χ0v) is 17.4. The first kappa shape index (κ1) is 22.7. The highest BCUT2D eigenvalue weighted by atomic mass is 19.4. The number of alkyl halides is 5. The van der Waals surface area contributed by atoms with Crippen LogP contribution >= 0.6 is 0 Å². The Bertz CT molecular complexity index is 994. The van der Waals surface area contributed by atoms with E-state index in [1.54, 1.807) is 7.11 Å².